The number of nitrogens with zero attached hydrogens (tertiary/aromatic N) is 1. The van der Waals surface area contributed by atoms with Crippen LogP contribution in [0.2, 0.25) is 0 Å². The Balaban J connectivity index is 1.96. The van der Waals surface area contributed by atoms with Crippen molar-refractivity contribution in [2.75, 3.05) is 20.6 Å². The third-order valence-corrected chi connectivity index (χ3v) is 3.83. The van der Waals surface area contributed by atoms with Crippen LogP contribution in [0, 0.1) is 5.82 Å². The number of rotatable bonds is 6. The SMILES string of the molecule is CN(C)C(CNC(=O)/C=C/c1cc(Br)ccc1F)c1ccco1. The smallest absolute Gasteiger partial charge is 0.244 e. The minimum absolute atomic E-state index is 0.0649. The maximum absolute atomic E-state index is 13.6. The molecule has 0 fully saturated rings. The third kappa shape index (κ3) is 5.04. The molecule has 0 saturated carbocycles. The maximum atomic E-state index is 13.6. The Labute approximate surface area is 143 Å². The Morgan fingerprint density at radius 1 is 1.43 bits per heavy atom. The van der Waals surface area contributed by atoms with E-state index in [-0.39, 0.29) is 17.8 Å². The van der Waals surface area contributed by atoms with Crippen LogP contribution in [0.3, 0.4) is 0 Å². The topological polar surface area (TPSA) is 45.5 Å². The van der Waals surface area contributed by atoms with Crippen LogP contribution in [0.25, 0.3) is 6.08 Å². The molecule has 0 spiro atoms. The van der Waals surface area contributed by atoms with Crippen LogP contribution >= 0.6 is 15.9 Å². The molecule has 0 aliphatic carbocycles. The molecule has 1 unspecified atom stereocenters. The van der Waals surface area contributed by atoms with Crippen LogP contribution < -0.4 is 5.32 Å². The molecule has 1 aromatic carbocycles. The van der Waals surface area contributed by atoms with Crippen molar-refractivity contribution in [2.24, 2.45) is 0 Å². The normalized spacial score (nSPS) is 12.7. The summed E-state index contributed by atoms with van der Waals surface area (Å²) >= 11 is 3.27. The first kappa shape index (κ1) is 17.4. The van der Waals surface area contributed by atoms with Crippen LogP contribution in [0.5, 0.6) is 0 Å². The van der Waals surface area contributed by atoms with Gasteiger partial charge in [-0.15, -0.1) is 0 Å². The standard InChI is InChI=1S/C17H18BrFN2O2/c1-21(2)15(16-4-3-9-23-16)11-20-17(22)8-5-12-10-13(18)6-7-14(12)19/h3-10,15H,11H2,1-2H3,(H,20,22)/b8-5+. The molecule has 6 heteroatoms. The molecule has 23 heavy (non-hydrogen) atoms. The van der Waals surface area contributed by atoms with E-state index in [1.165, 1.54) is 18.2 Å². The second kappa shape index (κ2) is 8.08. The molecular weight excluding hydrogens is 363 g/mol. The fourth-order valence-corrected chi connectivity index (χ4v) is 2.46. The van der Waals surface area contributed by atoms with Gasteiger partial charge in [-0.1, -0.05) is 15.9 Å². The molecule has 1 amide bonds. The first-order valence-electron chi connectivity index (χ1n) is 7.08. The fourth-order valence-electron chi connectivity index (χ4n) is 2.08. The molecule has 1 N–H and O–H groups in total. The van der Waals surface area contributed by atoms with Crippen LogP contribution in [-0.2, 0) is 4.79 Å². The second-order valence-electron chi connectivity index (χ2n) is 5.24. The lowest BCUT2D eigenvalue weighted by Gasteiger charge is -2.22. The quantitative estimate of drug-likeness (QED) is 0.778. The van der Waals surface area contributed by atoms with Gasteiger partial charge in [0, 0.05) is 22.7 Å². The maximum Gasteiger partial charge on any atom is 0.244 e. The highest BCUT2D eigenvalue weighted by Gasteiger charge is 2.17. The van der Waals surface area contributed by atoms with Gasteiger partial charge >= 0.3 is 0 Å². The predicted octanol–water partition coefficient (Wildman–Crippen LogP) is 3.61. The summed E-state index contributed by atoms with van der Waals surface area (Å²) in [5, 5.41) is 2.80. The molecule has 0 saturated heterocycles. The summed E-state index contributed by atoms with van der Waals surface area (Å²) in [7, 11) is 3.82. The van der Waals surface area contributed by atoms with E-state index < -0.39 is 0 Å². The van der Waals surface area contributed by atoms with Crippen LogP contribution in [-0.4, -0.2) is 31.4 Å². The molecule has 4 nitrogen and oxygen atoms in total. The van der Waals surface area contributed by atoms with Gasteiger partial charge < -0.3 is 9.73 Å². The first-order chi connectivity index (χ1) is 11.0. The highest BCUT2D eigenvalue weighted by atomic mass is 79.9. The minimum atomic E-state index is -0.376. The highest BCUT2D eigenvalue weighted by Crippen LogP contribution is 2.18. The molecule has 0 bridgehead atoms. The van der Waals surface area contributed by atoms with E-state index in [0.29, 0.717) is 12.1 Å². The number of hydrogen-bond acceptors (Lipinski definition) is 3. The predicted molar refractivity (Wildman–Crippen MR) is 91.3 cm³/mol. The Hall–Kier alpha value is -1.92. The average molecular weight is 381 g/mol. The lowest BCUT2D eigenvalue weighted by molar-refractivity contribution is -0.116. The summed E-state index contributed by atoms with van der Waals surface area (Å²) in [6.45, 7) is 0.394. The van der Waals surface area contributed by atoms with Crippen molar-refractivity contribution in [3.05, 3.63) is 64.3 Å². The fraction of sp³-hybridized carbons (Fsp3) is 0.235. The number of hydrogen-bond donors (Lipinski definition) is 1. The van der Waals surface area contributed by atoms with Crippen molar-refractivity contribution in [2.45, 2.75) is 6.04 Å². The molecule has 2 rings (SSSR count). The lowest BCUT2D eigenvalue weighted by atomic mass is 10.2. The number of carbonyl (C=O) groups excluding carboxylic acids is 1. The van der Waals surface area contributed by atoms with Gasteiger partial charge in [0.1, 0.15) is 11.6 Å². The Morgan fingerprint density at radius 2 is 2.22 bits per heavy atom. The molecule has 0 aliphatic rings. The summed E-state index contributed by atoms with van der Waals surface area (Å²) < 4.78 is 19.7. The molecule has 1 heterocycles. The number of likely N-dealkylation sites (N-methyl/N-ethyl adjacent to an activating group) is 1. The van der Waals surface area contributed by atoms with Gasteiger partial charge in [0.15, 0.2) is 0 Å². The van der Waals surface area contributed by atoms with Crippen LogP contribution in [0.1, 0.15) is 17.4 Å². The van der Waals surface area contributed by atoms with E-state index >= 15 is 0 Å². The van der Waals surface area contributed by atoms with Crippen molar-refractivity contribution in [1.82, 2.24) is 10.2 Å². The highest BCUT2D eigenvalue weighted by molar-refractivity contribution is 9.10. The van der Waals surface area contributed by atoms with E-state index in [9.17, 15) is 9.18 Å². The van der Waals surface area contributed by atoms with E-state index in [2.05, 4.69) is 21.2 Å². The Bertz CT molecular complexity index is 684. The van der Waals surface area contributed by atoms with Crippen LogP contribution in [0.15, 0.2) is 51.6 Å². The van der Waals surface area contributed by atoms with Gasteiger partial charge in [-0.25, -0.2) is 4.39 Å². The molecular formula is C17H18BrFN2O2. The van der Waals surface area contributed by atoms with Crippen molar-refractivity contribution in [3.8, 4) is 0 Å². The first-order valence-corrected chi connectivity index (χ1v) is 7.87. The number of halogens is 2. The Kier molecular flexibility index (Phi) is 6.12. The summed E-state index contributed by atoms with van der Waals surface area (Å²) in [6, 6.07) is 8.18. The average Bonchev–Trinajstić information content (AvgIpc) is 3.02. The van der Waals surface area contributed by atoms with E-state index in [1.54, 1.807) is 18.4 Å². The van der Waals surface area contributed by atoms with Gasteiger partial charge in [-0.05, 0) is 50.5 Å². The largest absolute Gasteiger partial charge is 0.468 e. The zero-order chi connectivity index (χ0) is 16.8. The molecule has 0 radical (unpaired) electrons. The number of benzene rings is 1. The zero-order valence-corrected chi connectivity index (χ0v) is 14.5. The molecule has 122 valence electrons. The van der Waals surface area contributed by atoms with Crippen LogP contribution in [0.4, 0.5) is 4.39 Å². The minimum Gasteiger partial charge on any atom is -0.468 e. The summed E-state index contributed by atoms with van der Waals surface area (Å²) in [5.74, 6) is 0.110. The van der Waals surface area contributed by atoms with Gasteiger partial charge in [0.05, 0.1) is 12.3 Å². The molecule has 2 aromatic rings. The second-order valence-corrected chi connectivity index (χ2v) is 6.15. The van der Waals surface area contributed by atoms with Gasteiger partial charge in [0.25, 0.3) is 0 Å². The Morgan fingerprint density at radius 3 is 2.87 bits per heavy atom. The van der Waals surface area contributed by atoms with E-state index in [1.807, 2.05) is 31.1 Å². The van der Waals surface area contributed by atoms with Gasteiger partial charge in [0.2, 0.25) is 5.91 Å². The molecule has 1 atom stereocenters. The number of carbonyl (C=O) groups is 1. The van der Waals surface area contributed by atoms with Crippen molar-refractivity contribution in [3.63, 3.8) is 0 Å². The molecule has 0 aliphatic heterocycles. The number of furan rings is 1. The van der Waals surface area contributed by atoms with Crippen molar-refractivity contribution < 1.29 is 13.6 Å². The van der Waals surface area contributed by atoms with Crippen molar-refractivity contribution >= 4 is 27.9 Å². The van der Waals surface area contributed by atoms with Crippen molar-refractivity contribution in [1.29, 1.82) is 0 Å². The monoisotopic (exact) mass is 380 g/mol. The van der Waals surface area contributed by atoms with E-state index in [0.717, 1.165) is 10.2 Å². The third-order valence-electron chi connectivity index (χ3n) is 3.34. The lowest BCUT2D eigenvalue weighted by Crippen LogP contribution is -2.33. The number of amides is 1. The summed E-state index contributed by atoms with van der Waals surface area (Å²) in [6.07, 6.45) is 4.37. The van der Waals surface area contributed by atoms with E-state index in [4.69, 9.17) is 4.42 Å². The molecule has 1 aromatic heterocycles. The van der Waals surface area contributed by atoms with Gasteiger partial charge in [-0.2, -0.15) is 0 Å². The van der Waals surface area contributed by atoms with Gasteiger partial charge in [-0.3, -0.25) is 9.69 Å². The summed E-state index contributed by atoms with van der Waals surface area (Å²) in [4.78, 5) is 13.9. The zero-order valence-electron chi connectivity index (χ0n) is 12.9. The summed E-state index contributed by atoms with van der Waals surface area (Å²) in [5.41, 5.74) is 0.352. The number of nitrogens with one attached hydrogen (secondary N) is 1.